The van der Waals surface area contributed by atoms with Crippen molar-refractivity contribution in [1.82, 2.24) is 4.57 Å². The van der Waals surface area contributed by atoms with E-state index in [9.17, 15) is 20.5 Å². The van der Waals surface area contributed by atoms with E-state index >= 15 is 0 Å². The maximum absolute atomic E-state index is 11.9. The molecule has 9 nitrogen and oxygen atoms in total. The number of nitrogens with one attached hydrogen (secondary N) is 2. The summed E-state index contributed by atoms with van der Waals surface area (Å²) in [7, 11) is 1.43. The van der Waals surface area contributed by atoms with Crippen molar-refractivity contribution in [1.29, 1.82) is 10.7 Å². The summed E-state index contributed by atoms with van der Waals surface area (Å²) in [5.41, 5.74) is -0.848. The molecule has 1 aliphatic heterocycles. The number of pyridine rings is 1. The van der Waals surface area contributed by atoms with Crippen molar-refractivity contribution in [2.75, 3.05) is 19.0 Å². The van der Waals surface area contributed by atoms with Gasteiger partial charge in [-0.25, -0.2) is 0 Å². The number of phenolic OH excluding ortho intramolecular Hbond substituents is 1. The summed E-state index contributed by atoms with van der Waals surface area (Å²) in [6, 6.07) is 6.20. The van der Waals surface area contributed by atoms with Crippen molar-refractivity contribution in [2.24, 2.45) is 5.41 Å². The van der Waals surface area contributed by atoms with Crippen molar-refractivity contribution in [2.45, 2.75) is 20.4 Å². The third-order valence-corrected chi connectivity index (χ3v) is 4.58. The van der Waals surface area contributed by atoms with Gasteiger partial charge in [0.25, 0.3) is 0 Å². The first-order chi connectivity index (χ1) is 12.7. The minimum atomic E-state index is -0.587. The Morgan fingerprint density at radius 1 is 1.48 bits per heavy atom. The molecule has 140 valence electrons. The largest absolute Gasteiger partial charge is 0.507 e. The van der Waals surface area contributed by atoms with Crippen molar-refractivity contribution >= 4 is 11.5 Å². The maximum atomic E-state index is 11.9. The Kier molecular flexibility index (Phi) is 4.27. The van der Waals surface area contributed by atoms with Crippen LogP contribution in [-0.2, 0) is 6.54 Å². The number of phenols is 1. The molecule has 0 saturated heterocycles. The molecule has 1 aliphatic rings. The second kappa shape index (κ2) is 6.32. The quantitative estimate of drug-likeness (QED) is 0.562. The number of nitriles is 1. The fourth-order valence-corrected chi connectivity index (χ4v) is 3.27. The molecule has 3 rings (SSSR count). The number of methoxy groups -OCH3 is 1. The fraction of sp³-hybridized carbons (Fsp3) is 0.333. The molecule has 0 aliphatic carbocycles. The Morgan fingerprint density at radius 2 is 2.19 bits per heavy atom. The maximum Gasteiger partial charge on any atom is 0.318 e. The van der Waals surface area contributed by atoms with E-state index in [1.165, 1.54) is 29.9 Å². The SMILES string of the molecule is COc1ccc(-c2c([N+](=O)[O-])c3n(c(=N)c2C#N)CC(C)(C)CN3)c(O)c1. The van der Waals surface area contributed by atoms with Gasteiger partial charge in [0.15, 0.2) is 5.82 Å². The second-order valence-electron chi connectivity index (χ2n) is 7.15. The highest BCUT2D eigenvalue weighted by molar-refractivity contribution is 5.88. The highest BCUT2D eigenvalue weighted by Gasteiger charge is 2.36. The van der Waals surface area contributed by atoms with E-state index in [2.05, 4.69) is 5.32 Å². The van der Waals surface area contributed by atoms with Crippen LogP contribution in [0.25, 0.3) is 11.1 Å². The molecule has 0 unspecified atom stereocenters. The molecular formula is C18H19N5O4. The van der Waals surface area contributed by atoms with Gasteiger partial charge in [-0.1, -0.05) is 13.8 Å². The lowest BCUT2D eigenvalue weighted by atomic mass is 9.90. The van der Waals surface area contributed by atoms with E-state index in [0.717, 1.165) is 0 Å². The van der Waals surface area contributed by atoms with Crippen LogP contribution in [0.1, 0.15) is 19.4 Å². The number of hydrogen-bond donors (Lipinski definition) is 3. The van der Waals surface area contributed by atoms with Crippen LogP contribution in [0.15, 0.2) is 18.2 Å². The van der Waals surface area contributed by atoms with Crippen LogP contribution < -0.4 is 15.5 Å². The van der Waals surface area contributed by atoms with Gasteiger partial charge in [-0.3, -0.25) is 15.5 Å². The predicted octanol–water partition coefficient (Wildman–Crippen LogP) is 2.58. The number of aromatic nitrogens is 1. The second-order valence-corrected chi connectivity index (χ2v) is 7.15. The molecule has 3 N–H and O–H groups in total. The molecule has 0 bridgehead atoms. The zero-order valence-electron chi connectivity index (χ0n) is 15.2. The number of anilines is 1. The monoisotopic (exact) mass is 369 g/mol. The van der Waals surface area contributed by atoms with Crippen LogP contribution in [0.5, 0.6) is 11.5 Å². The summed E-state index contributed by atoms with van der Waals surface area (Å²) in [5, 5.41) is 43.4. The van der Waals surface area contributed by atoms with Crippen molar-refractivity contribution < 1.29 is 14.8 Å². The van der Waals surface area contributed by atoms with Gasteiger partial charge in [-0.15, -0.1) is 0 Å². The van der Waals surface area contributed by atoms with Gasteiger partial charge < -0.3 is 19.7 Å². The number of nitro groups is 1. The Bertz CT molecular complexity index is 1050. The number of benzene rings is 1. The smallest absolute Gasteiger partial charge is 0.318 e. The summed E-state index contributed by atoms with van der Waals surface area (Å²) in [6.07, 6.45) is 0. The fourth-order valence-electron chi connectivity index (χ4n) is 3.27. The number of fused-ring (bicyclic) bond motifs is 1. The van der Waals surface area contributed by atoms with Gasteiger partial charge in [-0.05, 0) is 12.1 Å². The van der Waals surface area contributed by atoms with Crippen molar-refractivity contribution in [3.63, 3.8) is 0 Å². The van der Waals surface area contributed by atoms with Crippen molar-refractivity contribution in [3.8, 4) is 28.7 Å². The summed E-state index contributed by atoms with van der Waals surface area (Å²) in [4.78, 5) is 11.3. The van der Waals surface area contributed by atoms with E-state index in [1.54, 1.807) is 0 Å². The number of hydrogen-bond acceptors (Lipinski definition) is 7. The highest BCUT2D eigenvalue weighted by Crippen LogP contribution is 2.43. The summed E-state index contributed by atoms with van der Waals surface area (Å²) in [6.45, 7) is 4.78. The Hall–Kier alpha value is -3.54. The molecule has 2 heterocycles. The van der Waals surface area contributed by atoms with Crippen molar-refractivity contribution in [3.05, 3.63) is 39.4 Å². The van der Waals surface area contributed by atoms with E-state index in [1.807, 2.05) is 19.9 Å². The summed E-state index contributed by atoms with van der Waals surface area (Å²) >= 11 is 0. The average molecular weight is 369 g/mol. The summed E-state index contributed by atoms with van der Waals surface area (Å²) in [5.74, 6) is 0.263. The molecule has 0 amide bonds. The number of aromatic hydroxyl groups is 1. The van der Waals surface area contributed by atoms with Crippen LogP contribution in [0.4, 0.5) is 11.5 Å². The number of rotatable bonds is 3. The lowest BCUT2D eigenvalue weighted by molar-refractivity contribution is -0.383. The van der Waals surface area contributed by atoms with Gasteiger partial charge in [0.05, 0.1) is 17.6 Å². The van der Waals surface area contributed by atoms with Crippen LogP contribution in [0, 0.1) is 32.3 Å². The number of nitrogens with zero attached hydrogens (tertiary/aromatic N) is 3. The minimum absolute atomic E-state index is 0.0777. The molecular weight excluding hydrogens is 350 g/mol. The first-order valence-electron chi connectivity index (χ1n) is 8.21. The van der Waals surface area contributed by atoms with E-state index in [0.29, 0.717) is 18.8 Å². The Balaban J connectivity index is 2.42. The first-order valence-corrected chi connectivity index (χ1v) is 8.21. The third-order valence-electron chi connectivity index (χ3n) is 4.58. The molecule has 0 fully saturated rings. The topological polar surface area (TPSA) is 137 Å². The van der Waals surface area contributed by atoms with E-state index < -0.39 is 4.92 Å². The number of ether oxygens (including phenoxy) is 1. The molecule has 0 radical (unpaired) electrons. The predicted molar refractivity (Wildman–Crippen MR) is 97.6 cm³/mol. The molecule has 1 aromatic carbocycles. The molecule has 9 heteroatoms. The van der Waals surface area contributed by atoms with Gasteiger partial charge >= 0.3 is 5.69 Å². The molecule has 0 spiro atoms. The normalized spacial score (nSPS) is 14.6. The van der Waals surface area contributed by atoms with Crippen LogP contribution >= 0.6 is 0 Å². The molecule has 0 atom stereocenters. The van der Waals surface area contributed by atoms with Gasteiger partial charge in [-0.2, -0.15) is 5.26 Å². The average Bonchev–Trinajstić information content (AvgIpc) is 2.61. The Morgan fingerprint density at radius 3 is 2.74 bits per heavy atom. The Labute approximate surface area is 155 Å². The van der Waals surface area contributed by atoms with Gasteiger partial charge in [0, 0.05) is 30.1 Å². The van der Waals surface area contributed by atoms with Gasteiger partial charge in [0.2, 0.25) is 0 Å². The van der Waals surface area contributed by atoms with Gasteiger partial charge in [0.1, 0.15) is 28.6 Å². The lowest BCUT2D eigenvalue weighted by Crippen LogP contribution is -2.41. The van der Waals surface area contributed by atoms with Crippen LogP contribution in [-0.4, -0.2) is 28.3 Å². The van der Waals surface area contributed by atoms with Crippen LogP contribution in [0.2, 0.25) is 0 Å². The third kappa shape index (κ3) is 2.95. The zero-order valence-corrected chi connectivity index (χ0v) is 15.2. The first kappa shape index (κ1) is 18.3. The van der Waals surface area contributed by atoms with E-state index in [-0.39, 0.29) is 44.8 Å². The van der Waals surface area contributed by atoms with Crippen LogP contribution in [0.3, 0.4) is 0 Å². The summed E-state index contributed by atoms with van der Waals surface area (Å²) < 4.78 is 6.49. The zero-order chi connectivity index (χ0) is 19.9. The minimum Gasteiger partial charge on any atom is -0.507 e. The van der Waals surface area contributed by atoms with E-state index in [4.69, 9.17) is 10.1 Å². The molecule has 0 saturated carbocycles. The highest BCUT2D eigenvalue weighted by atomic mass is 16.6. The standard InChI is InChI=1S/C18H19N5O4/c1-18(2)8-21-17-15(23(25)26)14(12(7-19)16(20)22(17)9-18)11-5-4-10(27-3)6-13(11)24/h4-6,20-21,24H,8-9H2,1-3H3. The molecule has 1 aromatic heterocycles. The molecule has 2 aromatic rings. The lowest BCUT2D eigenvalue weighted by Gasteiger charge is -2.34. The molecule has 27 heavy (non-hydrogen) atoms.